The molecule has 1 N–H and O–H groups in total. The number of anilines is 1. The van der Waals surface area contributed by atoms with Gasteiger partial charge in [0.1, 0.15) is 5.76 Å². The molecule has 1 fully saturated rings. The fourth-order valence-corrected chi connectivity index (χ4v) is 2.86. The van der Waals surface area contributed by atoms with Gasteiger partial charge >= 0.3 is 0 Å². The first-order chi connectivity index (χ1) is 9.72. The standard InChI is InChI=1S/C14H14N2O3S/c17-13-6-10(14(18)15-11-3-5-20-9-11)7-16(13)8-12-2-1-4-19-12/h1-5,9-10H,6-8H2,(H,15,18)/t10-/m1/s1. The summed E-state index contributed by atoms with van der Waals surface area (Å²) in [5.74, 6) is 0.333. The largest absolute Gasteiger partial charge is 0.467 e. The molecular weight excluding hydrogens is 276 g/mol. The summed E-state index contributed by atoms with van der Waals surface area (Å²) < 4.78 is 5.23. The van der Waals surface area contributed by atoms with Gasteiger partial charge in [-0.25, -0.2) is 0 Å². The van der Waals surface area contributed by atoms with Gasteiger partial charge in [-0.3, -0.25) is 9.59 Å². The molecule has 0 saturated carbocycles. The fraction of sp³-hybridized carbons (Fsp3) is 0.286. The Bertz CT molecular complexity index is 592. The number of nitrogens with zero attached hydrogens (tertiary/aromatic N) is 1. The van der Waals surface area contributed by atoms with Crippen LogP contribution in [0.25, 0.3) is 0 Å². The van der Waals surface area contributed by atoms with Gasteiger partial charge in [-0.1, -0.05) is 0 Å². The second-order valence-electron chi connectivity index (χ2n) is 4.76. The van der Waals surface area contributed by atoms with Gasteiger partial charge in [0, 0.05) is 18.3 Å². The Labute approximate surface area is 120 Å². The van der Waals surface area contributed by atoms with Crippen molar-refractivity contribution < 1.29 is 14.0 Å². The van der Waals surface area contributed by atoms with Crippen LogP contribution in [0.2, 0.25) is 0 Å². The minimum atomic E-state index is -0.294. The second-order valence-corrected chi connectivity index (χ2v) is 5.54. The third-order valence-electron chi connectivity index (χ3n) is 3.30. The molecule has 2 aromatic rings. The first kappa shape index (κ1) is 12.9. The summed E-state index contributed by atoms with van der Waals surface area (Å²) in [7, 11) is 0. The summed E-state index contributed by atoms with van der Waals surface area (Å²) in [5, 5.41) is 6.60. The van der Waals surface area contributed by atoms with Crippen LogP contribution in [0.15, 0.2) is 39.6 Å². The third-order valence-corrected chi connectivity index (χ3v) is 3.98. The van der Waals surface area contributed by atoms with E-state index in [4.69, 9.17) is 4.42 Å². The number of hydrogen-bond donors (Lipinski definition) is 1. The molecule has 2 aromatic heterocycles. The molecule has 1 atom stereocenters. The van der Waals surface area contributed by atoms with Gasteiger partial charge in [0.15, 0.2) is 0 Å². The lowest BCUT2D eigenvalue weighted by molar-refractivity contribution is -0.128. The zero-order valence-corrected chi connectivity index (χ0v) is 11.6. The maximum atomic E-state index is 12.1. The van der Waals surface area contributed by atoms with Crippen LogP contribution >= 0.6 is 11.3 Å². The minimum absolute atomic E-state index is 0.00753. The molecule has 0 aromatic carbocycles. The van der Waals surface area contributed by atoms with Crippen molar-refractivity contribution >= 4 is 28.8 Å². The molecule has 0 aliphatic carbocycles. The lowest BCUT2D eigenvalue weighted by atomic mass is 10.1. The van der Waals surface area contributed by atoms with E-state index in [-0.39, 0.29) is 24.2 Å². The van der Waals surface area contributed by atoms with E-state index in [1.54, 1.807) is 17.2 Å². The summed E-state index contributed by atoms with van der Waals surface area (Å²) in [4.78, 5) is 25.7. The van der Waals surface area contributed by atoms with Crippen molar-refractivity contribution in [3.05, 3.63) is 41.0 Å². The number of likely N-dealkylation sites (tertiary alicyclic amines) is 1. The van der Waals surface area contributed by atoms with Crippen molar-refractivity contribution in [2.24, 2.45) is 5.92 Å². The Morgan fingerprint density at radius 2 is 2.40 bits per heavy atom. The van der Waals surface area contributed by atoms with Crippen LogP contribution in [0, 0.1) is 5.92 Å². The van der Waals surface area contributed by atoms with Crippen LogP contribution < -0.4 is 5.32 Å². The van der Waals surface area contributed by atoms with Crippen LogP contribution in [0.4, 0.5) is 5.69 Å². The minimum Gasteiger partial charge on any atom is -0.467 e. The number of nitrogens with one attached hydrogen (secondary N) is 1. The van der Waals surface area contributed by atoms with E-state index >= 15 is 0 Å². The van der Waals surface area contributed by atoms with E-state index in [2.05, 4.69) is 5.32 Å². The molecular formula is C14H14N2O3S. The normalized spacial score (nSPS) is 18.5. The third kappa shape index (κ3) is 2.75. The number of thiophene rings is 1. The van der Waals surface area contributed by atoms with Crippen LogP contribution in [0.1, 0.15) is 12.2 Å². The van der Waals surface area contributed by atoms with Gasteiger partial charge < -0.3 is 14.6 Å². The number of carbonyl (C=O) groups is 2. The average Bonchev–Trinajstić information content (AvgIpc) is 3.13. The van der Waals surface area contributed by atoms with Crippen molar-refractivity contribution in [1.29, 1.82) is 0 Å². The summed E-state index contributed by atoms with van der Waals surface area (Å²) >= 11 is 1.52. The van der Waals surface area contributed by atoms with Gasteiger partial charge in [0.25, 0.3) is 0 Å². The van der Waals surface area contributed by atoms with Gasteiger partial charge in [0.2, 0.25) is 11.8 Å². The molecule has 20 heavy (non-hydrogen) atoms. The molecule has 6 heteroatoms. The van der Waals surface area contributed by atoms with Crippen LogP contribution in [0.5, 0.6) is 0 Å². The predicted molar refractivity (Wildman–Crippen MR) is 75.2 cm³/mol. The molecule has 3 heterocycles. The highest BCUT2D eigenvalue weighted by atomic mass is 32.1. The second kappa shape index (κ2) is 5.50. The van der Waals surface area contributed by atoms with Crippen molar-refractivity contribution in [2.75, 3.05) is 11.9 Å². The van der Waals surface area contributed by atoms with E-state index in [1.165, 1.54) is 11.3 Å². The maximum absolute atomic E-state index is 12.1. The summed E-state index contributed by atoms with van der Waals surface area (Å²) in [5.41, 5.74) is 0.789. The molecule has 0 spiro atoms. The van der Waals surface area contributed by atoms with E-state index in [9.17, 15) is 9.59 Å². The molecule has 1 saturated heterocycles. The maximum Gasteiger partial charge on any atom is 0.229 e. The van der Waals surface area contributed by atoms with E-state index in [0.717, 1.165) is 11.4 Å². The molecule has 5 nitrogen and oxygen atoms in total. The number of rotatable bonds is 4. The van der Waals surface area contributed by atoms with E-state index < -0.39 is 0 Å². The molecule has 0 radical (unpaired) electrons. The Hall–Kier alpha value is -2.08. The van der Waals surface area contributed by atoms with Crippen molar-refractivity contribution in [3.8, 4) is 0 Å². The summed E-state index contributed by atoms with van der Waals surface area (Å²) in [6, 6.07) is 5.46. The van der Waals surface area contributed by atoms with Crippen molar-refractivity contribution in [3.63, 3.8) is 0 Å². The van der Waals surface area contributed by atoms with Crippen LogP contribution in [0.3, 0.4) is 0 Å². The lowest BCUT2D eigenvalue weighted by Gasteiger charge is -2.14. The molecule has 1 aliphatic rings. The number of carbonyl (C=O) groups excluding carboxylic acids is 2. The highest BCUT2D eigenvalue weighted by Gasteiger charge is 2.34. The highest BCUT2D eigenvalue weighted by molar-refractivity contribution is 7.08. The zero-order valence-electron chi connectivity index (χ0n) is 10.7. The molecule has 3 rings (SSSR count). The van der Waals surface area contributed by atoms with Crippen molar-refractivity contribution in [2.45, 2.75) is 13.0 Å². The SMILES string of the molecule is O=C(Nc1ccsc1)[C@@H]1CC(=O)N(Cc2ccco2)C1. The number of furan rings is 1. The topological polar surface area (TPSA) is 62.6 Å². The monoisotopic (exact) mass is 290 g/mol. The Morgan fingerprint density at radius 3 is 3.10 bits per heavy atom. The Kier molecular flexibility index (Phi) is 3.56. The first-order valence-electron chi connectivity index (χ1n) is 6.35. The molecule has 0 unspecified atom stereocenters. The average molecular weight is 290 g/mol. The molecule has 104 valence electrons. The van der Waals surface area contributed by atoms with Gasteiger partial charge in [-0.2, -0.15) is 11.3 Å². The number of amides is 2. The van der Waals surface area contributed by atoms with E-state index in [0.29, 0.717) is 13.1 Å². The van der Waals surface area contributed by atoms with E-state index in [1.807, 2.05) is 22.9 Å². The van der Waals surface area contributed by atoms with Gasteiger partial charge in [0.05, 0.1) is 24.4 Å². The van der Waals surface area contributed by atoms with Gasteiger partial charge in [-0.15, -0.1) is 0 Å². The molecule has 1 aliphatic heterocycles. The summed E-state index contributed by atoms with van der Waals surface area (Å²) in [6.07, 6.45) is 1.84. The lowest BCUT2D eigenvalue weighted by Crippen LogP contribution is -2.27. The molecule has 0 bridgehead atoms. The van der Waals surface area contributed by atoms with Gasteiger partial charge in [-0.05, 0) is 23.6 Å². The number of hydrogen-bond acceptors (Lipinski definition) is 4. The first-order valence-corrected chi connectivity index (χ1v) is 7.30. The Balaban J connectivity index is 1.60. The molecule has 2 amide bonds. The quantitative estimate of drug-likeness (QED) is 0.940. The van der Waals surface area contributed by atoms with Crippen LogP contribution in [-0.2, 0) is 16.1 Å². The highest BCUT2D eigenvalue weighted by Crippen LogP contribution is 2.22. The Morgan fingerprint density at radius 1 is 1.50 bits per heavy atom. The van der Waals surface area contributed by atoms with Crippen molar-refractivity contribution in [1.82, 2.24) is 4.90 Å². The zero-order chi connectivity index (χ0) is 13.9. The smallest absolute Gasteiger partial charge is 0.229 e. The van der Waals surface area contributed by atoms with Crippen LogP contribution in [-0.4, -0.2) is 23.3 Å². The summed E-state index contributed by atoms with van der Waals surface area (Å²) in [6.45, 7) is 0.865. The predicted octanol–water partition coefficient (Wildman–Crippen LogP) is 2.33. The fourth-order valence-electron chi connectivity index (χ4n) is 2.27.